The van der Waals surface area contributed by atoms with E-state index in [1.807, 2.05) is 24.3 Å². The second-order valence-corrected chi connectivity index (χ2v) is 5.63. The maximum atomic E-state index is 7.34. The summed E-state index contributed by atoms with van der Waals surface area (Å²) in [7, 11) is 0. The van der Waals surface area contributed by atoms with E-state index in [1.54, 1.807) is 24.3 Å². The quantitative estimate of drug-likeness (QED) is 0.289. The van der Waals surface area contributed by atoms with E-state index < -0.39 is 0 Å². The molecule has 0 aliphatic carbocycles. The number of unbranched alkanes of at least 4 members (excludes halogenated alkanes) is 2. The second-order valence-electron chi connectivity index (χ2n) is 5.63. The van der Waals surface area contributed by atoms with E-state index in [9.17, 15) is 0 Å². The van der Waals surface area contributed by atoms with Crippen LogP contribution in [0.25, 0.3) is 0 Å². The van der Waals surface area contributed by atoms with Gasteiger partial charge in [-0.25, -0.2) is 0 Å². The van der Waals surface area contributed by atoms with Crippen molar-refractivity contribution in [3.63, 3.8) is 0 Å². The molecule has 0 aromatic heterocycles. The molecule has 7 heteroatoms. The highest BCUT2D eigenvalue weighted by Crippen LogP contribution is 2.14. The lowest BCUT2D eigenvalue weighted by atomic mass is 10.2. The molecule has 0 saturated heterocycles. The average Bonchev–Trinajstić information content (AvgIpc) is 2.61. The number of hydrogen-bond donors (Lipinski definition) is 4. The molecule has 0 bridgehead atoms. The van der Waals surface area contributed by atoms with Crippen LogP contribution in [0, 0.1) is 10.8 Å². The van der Waals surface area contributed by atoms with Gasteiger partial charge >= 0.3 is 0 Å². The van der Waals surface area contributed by atoms with Crippen LogP contribution in [0.4, 0.5) is 0 Å². The molecule has 0 unspecified atom stereocenters. The third-order valence-electron chi connectivity index (χ3n) is 3.66. The Kier molecular flexibility index (Phi) is 9.01. The highest BCUT2D eigenvalue weighted by atomic mass is 35.5. The summed E-state index contributed by atoms with van der Waals surface area (Å²) in [4.78, 5) is 0. The lowest BCUT2D eigenvalue weighted by Gasteiger charge is -2.08. The van der Waals surface area contributed by atoms with Gasteiger partial charge in [-0.3, -0.25) is 10.8 Å². The summed E-state index contributed by atoms with van der Waals surface area (Å²) in [5, 5.41) is 14.7. The van der Waals surface area contributed by atoms with Crippen molar-refractivity contribution in [1.29, 1.82) is 10.8 Å². The van der Waals surface area contributed by atoms with Crippen molar-refractivity contribution < 1.29 is 9.47 Å². The monoisotopic (exact) mass is 376 g/mol. The molecule has 0 heterocycles. The Labute approximate surface area is 159 Å². The van der Waals surface area contributed by atoms with Crippen LogP contribution in [0.2, 0.25) is 0 Å². The fraction of sp³-hybridized carbons (Fsp3) is 0.263. The number of nitrogens with one attached hydrogen (secondary N) is 2. The predicted molar refractivity (Wildman–Crippen MR) is 107 cm³/mol. The number of ether oxygens (including phenoxy) is 2. The minimum Gasteiger partial charge on any atom is -0.494 e. The summed E-state index contributed by atoms with van der Waals surface area (Å²) >= 11 is 0. The third-order valence-corrected chi connectivity index (χ3v) is 3.66. The van der Waals surface area contributed by atoms with Crippen molar-refractivity contribution in [1.82, 2.24) is 0 Å². The van der Waals surface area contributed by atoms with Crippen LogP contribution in [0.3, 0.4) is 0 Å². The van der Waals surface area contributed by atoms with Gasteiger partial charge in [-0.1, -0.05) is 0 Å². The Morgan fingerprint density at radius 1 is 0.654 bits per heavy atom. The van der Waals surface area contributed by atoms with Gasteiger partial charge in [0.05, 0.1) is 13.2 Å². The third kappa shape index (κ3) is 7.03. The van der Waals surface area contributed by atoms with Crippen molar-refractivity contribution in [2.45, 2.75) is 19.3 Å². The molecule has 2 aromatic carbocycles. The van der Waals surface area contributed by atoms with E-state index in [2.05, 4.69) is 0 Å². The van der Waals surface area contributed by atoms with E-state index in [0.717, 1.165) is 30.8 Å². The average molecular weight is 377 g/mol. The molecule has 0 radical (unpaired) electrons. The van der Waals surface area contributed by atoms with Crippen LogP contribution < -0.4 is 20.9 Å². The molecule has 26 heavy (non-hydrogen) atoms. The molecule has 140 valence electrons. The highest BCUT2D eigenvalue weighted by Gasteiger charge is 1.99. The summed E-state index contributed by atoms with van der Waals surface area (Å²) in [6, 6.07) is 14.4. The molecule has 0 atom stereocenters. The first-order valence-corrected chi connectivity index (χ1v) is 8.21. The number of hydrogen-bond acceptors (Lipinski definition) is 4. The van der Waals surface area contributed by atoms with E-state index in [1.165, 1.54) is 0 Å². The molecule has 0 aliphatic rings. The zero-order valence-electron chi connectivity index (χ0n) is 14.5. The number of nitrogens with two attached hydrogens (primary N) is 2. The van der Waals surface area contributed by atoms with E-state index in [-0.39, 0.29) is 24.1 Å². The zero-order valence-corrected chi connectivity index (χ0v) is 15.4. The molecular formula is C19H25ClN4O2. The molecule has 0 spiro atoms. The molecule has 6 N–H and O–H groups in total. The smallest absolute Gasteiger partial charge is 0.122 e. The van der Waals surface area contributed by atoms with Gasteiger partial charge in [-0.15, -0.1) is 12.4 Å². The Morgan fingerprint density at radius 3 is 1.31 bits per heavy atom. The van der Waals surface area contributed by atoms with Gasteiger partial charge in [0.2, 0.25) is 0 Å². The van der Waals surface area contributed by atoms with Crippen molar-refractivity contribution in [2.24, 2.45) is 11.5 Å². The van der Waals surface area contributed by atoms with Gasteiger partial charge in [-0.2, -0.15) is 0 Å². The van der Waals surface area contributed by atoms with Gasteiger partial charge in [0.15, 0.2) is 0 Å². The standard InChI is InChI=1S/C19H24N4O2.ClH/c20-18(21)14-4-8-16(9-5-14)24-12-2-1-3-13-25-17-10-6-15(7-11-17)19(22)23;/h4-11H,1-3,12-13H2,(H3,20,21)(H3,22,23);1H. The Morgan fingerprint density at radius 2 is 1.00 bits per heavy atom. The topological polar surface area (TPSA) is 118 Å². The Balaban J connectivity index is 0.00000338. The molecule has 2 aromatic rings. The fourth-order valence-electron chi connectivity index (χ4n) is 2.22. The molecule has 2 rings (SSSR count). The van der Waals surface area contributed by atoms with Crippen LogP contribution in [0.5, 0.6) is 11.5 Å². The zero-order chi connectivity index (χ0) is 18.1. The molecule has 0 fully saturated rings. The molecule has 6 nitrogen and oxygen atoms in total. The van der Waals surface area contributed by atoms with Gasteiger partial charge in [-0.05, 0) is 67.8 Å². The summed E-state index contributed by atoms with van der Waals surface area (Å²) in [6.45, 7) is 1.29. The van der Waals surface area contributed by atoms with E-state index in [4.69, 9.17) is 31.8 Å². The van der Waals surface area contributed by atoms with Crippen molar-refractivity contribution in [3.05, 3.63) is 59.7 Å². The molecule has 0 amide bonds. The first-order chi connectivity index (χ1) is 12.1. The van der Waals surface area contributed by atoms with Crippen LogP contribution >= 0.6 is 12.4 Å². The molecule has 0 saturated carbocycles. The first kappa shape index (κ1) is 21.3. The van der Waals surface area contributed by atoms with Gasteiger partial charge < -0.3 is 20.9 Å². The fourth-order valence-corrected chi connectivity index (χ4v) is 2.22. The summed E-state index contributed by atoms with van der Waals surface area (Å²) < 4.78 is 11.3. The number of benzene rings is 2. The van der Waals surface area contributed by atoms with Gasteiger partial charge in [0.25, 0.3) is 0 Å². The van der Waals surface area contributed by atoms with Crippen molar-refractivity contribution in [2.75, 3.05) is 13.2 Å². The Bertz CT molecular complexity index is 641. The van der Waals surface area contributed by atoms with Crippen LogP contribution in [-0.4, -0.2) is 24.9 Å². The van der Waals surface area contributed by atoms with Crippen molar-refractivity contribution in [3.8, 4) is 11.5 Å². The largest absolute Gasteiger partial charge is 0.494 e. The SMILES string of the molecule is Cl.N=C(N)c1ccc(OCCCCCOc2ccc(C(=N)N)cc2)cc1. The van der Waals surface area contributed by atoms with Crippen LogP contribution in [0.1, 0.15) is 30.4 Å². The van der Waals surface area contributed by atoms with Crippen molar-refractivity contribution >= 4 is 24.1 Å². The number of amidine groups is 2. The molecule has 0 aliphatic heterocycles. The van der Waals surface area contributed by atoms with Crippen LogP contribution in [0.15, 0.2) is 48.5 Å². The summed E-state index contributed by atoms with van der Waals surface area (Å²) in [5.74, 6) is 1.68. The predicted octanol–water partition coefficient (Wildman–Crippen LogP) is 3.30. The minimum atomic E-state index is 0. The summed E-state index contributed by atoms with van der Waals surface area (Å²) in [5.41, 5.74) is 12.2. The highest BCUT2D eigenvalue weighted by molar-refractivity contribution is 5.95. The van der Waals surface area contributed by atoms with Gasteiger partial charge in [0, 0.05) is 11.1 Å². The number of halogens is 1. The number of rotatable bonds is 10. The summed E-state index contributed by atoms with van der Waals surface area (Å²) in [6.07, 6.45) is 2.90. The number of nitrogen functional groups attached to an aromatic ring is 2. The Hall–Kier alpha value is -2.73. The van der Waals surface area contributed by atoms with Gasteiger partial charge in [0.1, 0.15) is 23.2 Å². The van der Waals surface area contributed by atoms with E-state index >= 15 is 0 Å². The first-order valence-electron chi connectivity index (χ1n) is 8.21. The van der Waals surface area contributed by atoms with E-state index in [0.29, 0.717) is 24.3 Å². The maximum absolute atomic E-state index is 7.34. The normalized spacial score (nSPS) is 9.85. The minimum absolute atomic E-state index is 0. The maximum Gasteiger partial charge on any atom is 0.122 e. The van der Waals surface area contributed by atoms with Crippen LogP contribution in [-0.2, 0) is 0 Å². The second kappa shape index (κ2) is 11.0. The molecular weight excluding hydrogens is 352 g/mol. The lowest BCUT2D eigenvalue weighted by Crippen LogP contribution is -2.10. The lowest BCUT2D eigenvalue weighted by molar-refractivity contribution is 0.279.